The Balaban J connectivity index is 1.08. The molecule has 0 N–H and O–H groups in total. The van der Waals surface area contributed by atoms with Crippen LogP contribution in [0.3, 0.4) is 0 Å². The van der Waals surface area contributed by atoms with Gasteiger partial charge in [-0.15, -0.1) is 12.8 Å². The number of hydrogen-bond donors (Lipinski definition) is 0. The molecule has 3 nitrogen and oxygen atoms in total. The van der Waals surface area contributed by atoms with Gasteiger partial charge in [0, 0.05) is 22.3 Å². The van der Waals surface area contributed by atoms with Crippen molar-refractivity contribution in [2.24, 2.45) is 0 Å². The summed E-state index contributed by atoms with van der Waals surface area (Å²) >= 11 is 0. The monoisotopic (exact) mass is 751 g/mol. The minimum atomic E-state index is 0.215. The number of hydrogen-bond acceptors (Lipinski definition) is 3. The Kier molecular flexibility index (Phi) is 8.00. The summed E-state index contributed by atoms with van der Waals surface area (Å²) in [6, 6.07) is 57.4. The number of benzene rings is 7. The molecule has 3 heteroatoms. The molecular weight excluding hydrogens is 719 g/mol. The van der Waals surface area contributed by atoms with Gasteiger partial charge in [-0.1, -0.05) is 115 Å². The molecule has 59 heavy (non-hydrogen) atoms. The predicted octanol–water partition coefficient (Wildman–Crippen LogP) is 12.9. The van der Waals surface area contributed by atoms with Crippen LogP contribution in [0.5, 0.6) is 11.5 Å². The highest BCUT2D eigenvalue weighted by Gasteiger charge is 2.26. The molecule has 1 aliphatic heterocycles. The van der Waals surface area contributed by atoms with Gasteiger partial charge in [0.1, 0.15) is 0 Å². The van der Waals surface area contributed by atoms with E-state index >= 15 is 0 Å². The van der Waals surface area contributed by atoms with Crippen molar-refractivity contribution in [1.29, 1.82) is 0 Å². The zero-order valence-corrected chi connectivity index (χ0v) is 31.9. The van der Waals surface area contributed by atoms with Gasteiger partial charge < -0.3 is 9.47 Å². The first-order valence-corrected chi connectivity index (χ1v) is 19.6. The standard InChI is InChI=1S/C56H33NO2/c1-3-35-11-9-13-37(25-35)27-49-45-17-7-5-15-43(45)47-22-19-40(29-51(47)49)53-31-42(39-21-24-55-56(33-39)59-34-58-55)32-54(57-53)41-20-23-48-44-16-6-8-18-46(44)50(52(48)30-41)28-38-14-10-12-36(4-2)26-38/h1-2,5-33H,34H2/b49-27+,50-28+. The Morgan fingerprint density at radius 2 is 0.898 bits per heavy atom. The van der Waals surface area contributed by atoms with Gasteiger partial charge in [-0.3, -0.25) is 0 Å². The van der Waals surface area contributed by atoms with Crippen molar-refractivity contribution in [2.45, 2.75) is 0 Å². The number of ether oxygens (including phenoxy) is 2. The van der Waals surface area contributed by atoms with Crippen LogP contribution in [-0.4, -0.2) is 11.8 Å². The second-order valence-electron chi connectivity index (χ2n) is 15.0. The van der Waals surface area contributed by atoms with E-state index in [0.29, 0.717) is 0 Å². The van der Waals surface area contributed by atoms with E-state index in [9.17, 15) is 0 Å². The topological polar surface area (TPSA) is 31.4 Å². The summed E-state index contributed by atoms with van der Waals surface area (Å²) in [5.41, 5.74) is 21.5. The highest BCUT2D eigenvalue weighted by Crippen LogP contribution is 2.49. The summed E-state index contributed by atoms with van der Waals surface area (Å²) in [5, 5.41) is 0. The van der Waals surface area contributed by atoms with Crippen LogP contribution in [0.2, 0.25) is 0 Å². The lowest BCUT2D eigenvalue weighted by Gasteiger charge is -2.13. The van der Waals surface area contributed by atoms with Gasteiger partial charge in [0.2, 0.25) is 6.79 Å². The Morgan fingerprint density at radius 1 is 0.407 bits per heavy atom. The largest absolute Gasteiger partial charge is 0.454 e. The van der Waals surface area contributed by atoms with Crippen molar-refractivity contribution in [3.05, 3.63) is 208 Å². The Hall–Kier alpha value is -8.11. The molecule has 7 aromatic carbocycles. The zero-order chi connectivity index (χ0) is 39.5. The lowest BCUT2D eigenvalue weighted by molar-refractivity contribution is 0.174. The van der Waals surface area contributed by atoms with Crippen molar-refractivity contribution in [2.75, 3.05) is 6.79 Å². The molecule has 0 radical (unpaired) electrons. The summed E-state index contributed by atoms with van der Waals surface area (Å²) < 4.78 is 11.5. The lowest BCUT2D eigenvalue weighted by Crippen LogP contribution is -1.94. The van der Waals surface area contributed by atoms with Crippen LogP contribution in [0.1, 0.15) is 44.5 Å². The van der Waals surface area contributed by atoms with E-state index in [-0.39, 0.29) is 6.79 Å². The molecule has 2 heterocycles. The second-order valence-corrected chi connectivity index (χ2v) is 15.0. The minimum absolute atomic E-state index is 0.215. The van der Waals surface area contributed by atoms with Crippen LogP contribution in [0.15, 0.2) is 164 Å². The fourth-order valence-electron chi connectivity index (χ4n) is 8.67. The Morgan fingerprint density at radius 3 is 1.44 bits per heavy atom. The van der Waals surface area contributed by atoms with Crippen molar-refractivity contribution >= 4 is 23.3 Å². The van der Waals surface area contributed by atoms with Gasteiger partial charge in [-0.25, -0.2) is 4.98 Å². The number of pyridine rings is 1. The fourth-order valence-corrected chi connectivity index (χ4v) is 8.67. The number of terminal acetylenes is 2. The van der Waals surface area contributed by atoms with E-state index in [1.165, 1.54) is 33.4 Å². The number of nitrogens with zero attached hydrogens (tertiary/aromatic N) is 1. The number of fused-ring (bicyclic) bond motifs is 7. The first-order valence-electron chi connectivity index (χ1n) is 19.6. The average molecular weight is 752 g/mol. The molecule has 0 unspecified atom stereocenters. The third kappa shape index (κ3) is 5.93. The van der Waals surface area contributed by atoms with Gasteiger partial charge >= 0.3 is 0 Å². The normalized spacial score (nSPS) is 14.0. The predicted molar refractivity (Wildman–Crippen MR) is 240 cm³/mol. The van der Waals surface area contributed by atoms with E-state index in [4.69, 9.17) is 27.3 Å². The van der Waals surface area contributed by atoms with Crippen LogP contribution in [0.25, 0.3) is 79.2 Å². The SMILES string of the molecule is C#Cc1cccc(/C=C2\c3ccccc3-c3ccc(-c4cc(-c5ccc6c(c5)OCO6)cc(-c5ccc6c(c5)/C(=C/c5cccc(C#C)c5)c5ccccc5-6)n4)cc32)c1. The third-order valence-electron chi connectivity index (χ3n) is 11.5. The maximum absolute atomic E-state index is 5.83. The molecule has 11 rings (SSSR count). The third-order valence-corrected chi connectivity index (χ3v) is 11.5. The first kappa shape index (κ1) is 34.2. The number of rotatable bonds is 5. The molecule has 0 amide bonds. The molecule has 0 bridgehead atoms. The lowest BCUT2D eigenvalue weighted by atomic mass is 9.94. The quantitative estimate of drug-likeness (QED) is 0.164. The van der Waals surface area contributed by atoms with Crippen LogP contribution in [-0.2, 0) is 0 Å². The van der Waals surface area contributed by atoms with Crippen LogP contribution >= 0.6 is 0 Å². The smallest absolute Gasteiger partial charge is 0.231 e. The van der Waals surface area contributed by atoms with E-state index in [1.807, 2.05) is 30.3 Å². The fraction of sp³-hybridized carbons (Fsp3) is 0.0179. The van der Waals surface area contributed by atoms with Gasteiger partial charge in [0.05, 0.1) is 11.4 Å². The van der Waals surface area contributed by atoms with Crippen LogP contribution < -0.4 is 9.47 Å². The highest BCUT2D eigenvalue weighted by molar-refractivity contribution is 6.08. The summed E-state index contributed by atoms with van der Waals surface area (Å²) in [4.78, 5) is 5.45. The van der Waals surface area contributed by atoms with Crippen molar-refractivity contribution in [3.8, 4) is 92.1 Å². The maximum Gasteiger partial charge on any atom is 0.231 e. The molecule has 0 saturated heterocycles. The molecule has 0 fully saturated rings. The Labute approximate surface area is 343 Å². The van der Waals surface area contributed by atoms with E-state index in [2.05, 4.69) is 157 Å². The summed E-state index contributed by atoms with van der Waals surface area (Å²) in [5.74, 6) is 7.06. The second kappa shape index (κ2) is 13.8. The van der Waals surface area contributed by atoms with Gasteiger partial charge in [-0.05, 0) is 151 Å². The van der Waals surface area contributed by atoms with Gasteiger partial charge in [0.25, 0.3) is 0 Å². The molecule has 1 aromatic heterocycles. The summed E-state index contributed by atoms with van der Waals surface area (Å²) in [7, 11) is 0. The minimum Gasteiger partial charge on any atom is -0.454 e. The number of aromatic nitrogens is 1. The first-order chi connectivity index (χ1) is 29.1. The maximum atomic E-state index is 5.83. The summed E-state index contributed by atoms with van der Waals surface area (Å²) in [6.45, 7) is 0.215. The molecule has 8 aromatic rings. The average Bonchev–Trinajstić information content (AvgIpc) is 3.98. The van der Waals surface area contributed by atoms with Crippen LogP contribution in [0, 0.1) is 24.7 Å². The molecule has 3 aliphatic rings. The zero-order valence-electron chi connectivity index (χ0n) is 31.9. The van der Waals surface area contributed by atoms with Crippen molar-refractivity contribution in [3.63, 3.8) is 0 Å². The van der Waals surface area contributed by atoms with Crippen molar-refractivity contribution < 1.29 is 9.47 Å². The van der Waals surface area contributed by atoms with E-state index in [0.717, 1.165) is 89.7 Å². The molecular formula is C56H33NO2. The van der Waals surface area contributed by atoms with Crippen molar-refractivity contribution in [1.82, 2.24) is 4.98 Å². The van der Waals surface area contributed by atoms with Gasteiger partial charge in [-0.2, -0.15) is 0 Å². The Bertz CT molecular complexity index is 3040. The van der Waals surface area contributed by atoms with Gasteiger partial charge in [0.15, 0.2) is 11.5 Å². The van der Waals surface area contributed by atoms with E-state index < -0.39 is 0 Å². The highest BCUT2D eigenvalue weighted by atomic mass is 16.7. The van der Waals surface area contributed by atoms with Crippen LogP contribution in [0.4, 0.5) is 0 Å². The molecule has 0 spiro atoms. The molecule has 0 atom stereocenters. The molecule has 2 aliphatic carbocycles. The van der Waals surface area contributed by atoms with E-state index in [1.54, 1.807) is 0 Å². The summed E-state index contributed by atoms with van der Waals surface area (Å²) in [6.07, 6.45) is 16.1. The molecule has 274 valence electrons. The molecule has 0 saturated carbocycles.